The van der Waals surface area contributed by atoms with Crippen LogP contribution in [0.25, 0.3) is 11.5 Å². The molecule has 0 spiro atoms. The van der Waals surface area contributed by atoms with Gasteiger partial charge in [-0.25, -0.2) is 0 Å². The summed E-state index contributed by atoms with van der Waals surface area (Å²) in [6.07, 6.45) is 1.70. The second kappa shape index (κ2) is 2.90. The molecule has 4 heteroatoms. The number of oxazole rings is 1. The fourth-order valence-electron chi connectivity index (χ4n) is 1.15. The van der Waals surface area contributed by atoms with Gasteiger partial charge in [0, 0.05) is 6.20 Å². The lowest BCUT2D eigenvalue weighted by Gasteiger charge is -1.93. The predicted octanol–water partition coefficient (Wildman–Crippen LogP) is 1.63. The monoisotopic (exact) mass is 175 g/mol. The maximum Gasteiger partial charge on any atom is 0.292 e. The minimum atomic E-state index is 0.179. The molecule has 13 heavy (non-hydrogen) atoms. The van der Waals surface area contributed by atoms with Gasteiger partial charge in [0.1, 0.15) is 5.69 Å². The van der Waals surface area contributed by atoms with Gasteiger partial charge in [0.15, 0.2) is 5.76 Å². The van der Waals surface area contributed by atoms with E-state index in [1.807, 2.05) is 25.1 Å². The van der Waals surface area contributed by atoms with E-state index in [2.05, 4.69) is 9.97 Å². The smallest absolute Gasteiger partial charge is 0.292 e. The zero-order valence-corrected chi connectivity index (χ0v) is 7.19. The molecule has 0 aliphatic heterocycles. The van der Waals surface area contributed by atoms with Gasteiger partial charge >= 0.3 is 0 Å². The molecule has 0 atom stereocenters. The average Bonchev–Trinajstić information content (AvgIpc) is 2.47. The summed E-state index contributed by atoms with van der Waals surface area (Å²) in [6.45, 7) is 1.84. The molecule has 0 aliphatic rings. The number of pyridine rings is 1. The third-order valence-electron chi connectivity index (χ3n) is 1.71. The van der Waals surface area contributed by atoms with Crippen LogP contribution in [0.3, 0.4) is 0 Å². The predicted molar refractivity (Wildman–Crippen MR) is 48.9 cm³/mol. The molecule has 0 fully saturated rings. The first kappa shape index (κ1) is 7.79. The summed E-state index contributed by atoms with van der Waals surface area (Å²) in [4.78, 5) is 8.09. The van der Waals surface area contributed by atoms with Crippen LogP contribution in [0.15, 0.2) is 28.8 Å². The molecule has 0 bridgehead atoms. The molecule has 0 saturated heterocycles. The Morgan fingerprint density at radius 1 is 1.38 bits per heavy atom. The van der Waals surface area contributed by atoms with Crippen LogP contribution in [-0.2, 0) is 0 Å². The molecule has 0 unspecified atom stereocenters. The Bertz CT molecular complexity index is 408. The fourth-order valence-corrected chi connectivity index (χ4v) is 1.15. The highest BCUT2D eigenvalue weighted by Gasteiger charge is 2.09. The topological polar surface area (TPSA) is 64.9 Å². The van der Waals surface area contributed by atoms with Crippen molar-refractivity contribution < 1.29 is 4.42 Å². The van der Waals surface area contributed by atoms with Crippen molar-refractivity contribution in [2.24, 2.45) is 0 Å². The van der Waals surface area contributed by atoms with E-state index in [9.17, 15) is 0 Å². The Morgan fingerprint density at radius 2 is 2.23 bits per heavy atom. The van der Waals surface area contributed by atoms with Crippen molar-refractivity contribution in [3.8, 4) is 11.5 Å². The molecule has 0 aromatic carbocycles. The molecule has 0 saturated carbocycles. The lowest BCUT2D eigenvalue weighted by molar-refractivity contribution is 0.591. The Balaban J connectivity index is 2.53. The van der Waals surface area contributed by atoms with Gasteiger partial charge in [0.05, 0.1) is 5.69 Å². The van der Waals surface area contributed by atoms with Crippen molar-refractivity contribution in [2.45, 2.75) is 6.92 Å². The highest BCUT2D eigenvalue weighted by Crippen LogP contribution is 2.22. The van der Waals surface area contributed by atoms with Gasteiger partial charge in [-0.3, -0.25) is 4.98 Å². The van der Waals surface area contributed by atoms with Crippen molar-refractivity contribution in [1.82, 2.24) is 9.97 Å². The standard InChI is InChI=1S/C9H9N3O/c1-6-8(13-9(10)12-6)7-4-2-3-5-11-7/h2-5H,1H3,(H2,10,12). The molecule has 2 aromatic rings. The number of nitrogen functional groups attached to an aromatic ring is 1. The highest BCUT2D eigenvalue weighted by atomic mass is 16.4. The Labute approximate surface area is 75.4 Å². The van der Waals surface area contributed by atoms with Crippen molar-refractivity contribution in [3.63, 3.8) is 0 Å². The molecule has 66 valence electrons. The summed E-state index contributed by atoms with van der Waals surface area (Å²) in [5, 5.41) is 0. The van der Waals surface area contributed by atoms with Gasteiger partial charge in [-0.2, -0.15) is 4.98 Å². The first-order valence-electron chi connectivity index (χ1n) is 3.91. The summed E-state index contributed by atoms with van der Waals surface area (Å²) in [6, 6.07) is 5.77. The van der Waals surface area contributed by atoms with Crippen molar-refractivity contribution in [1.29, 1.82) is 0 Å². The minimum absolute atomic E-state index is 0.179. The van der Waals surface area contributed by atoms with Crippen LogP contribution in [0.4, 0.5) is 6.01 Å². The number of hydrogen-bond donors (Lipinski definition) is 1. The summed E-state index contributed by atoms with van der Waals surface area (Å²) in [5.41, 5.74) is 6.93. The van der Waals surface area contributed by atoms with Gasteiger partial charge in [-0.15, -0.1) is 0 Å². The number of nitrogens with two attached hydrogens (primary N) is 1. The lowest BCUT2D eigenvalue weighted by Crippen LogP contribution is -1.82. The second-order valence-corrected chi connectivity index (χ2v) is 2.68. The van der Waals surface area contributed by atoms with Crippen LogP contribution in [0.5, 0.6) is 0 Å². The minimum Gasteiger partial charge on any atom is -0.422 e. The average molecular weight is 175 g/mol. The van der Waals surface area contributed by atoms with Crippen molar-refractivity contribution in [2.75, 3.05) is 5.73 Å². The van der Waals surface area contributed by atoms with Crippen LogP contribution in [0, 0.1) is 6.92 Å². The molecule has 2 rings (SSSR count). The molecular formula is C9H9N3O. The van der Waals surface area contributed by atoms with Crippen LogP contribution >= 0.6 is 0 Å². The first-order valence-corrected chi connectivity index (χ1v) is 3.91. The Morgan fingerprint density at radius 3 is 2.77 bits per heavy atom. The largest absolute Gasteiger partial charge is 0.422 e. The Kier molecular flexibility index (Phi) is 1.73. The van der Waals surface area contributed by atoms with Crippen LogP contribution in [-0.4, -0.2) is 9.97 Å². The Hall–Kier alpha value is -1.84. The molecule has 0 amide bonds. The molecule has 2 heterocycles. The zero-order valence-electron chi connectivity index (χ0n) is 7.19. The number of anilines is 1. The lowest BCUT2D eigenvalue weighted by atomic mass is 10.2. The molecule has 0 aliphatic carbocycles. The normalized spacial score (nSPS) is 10.2. The van der Waals surface area contributed by atoms with E-state index in [0.717, 1.165) is 11.4 Å². The van der Waals surface area contributed by atoms with E-state index < -0.39 is 0 Å². The summed E-state index contributed by atoms with van der Waals surface area (Å²) < 4.78 is 5.20. The SMILES string of the molecule is Cc1nc(N)oc1-c1ccccn1. The summed E-state index contributed by atoms with van der Waals surface area (Å²) in [7, 11) is 0. The quantitative estimate of drug-likeness (QED) is 0.715. The highest BCUT2D eigenvalue weighted by molar-refractivity contribution is 5.55. The van der Waals surface area contributed by atoms with E-state index in [-0.39, 0.29) is 6.01 Å². The van der Waals surface area contributed by atoms with E-state index >= 15 is 0 Å². The van der Waals surface area contributed by atoms with Crippen LogP contribution in [0.1, 0.15) is 5.69 Å². The molecule has 2 N–H and O–H groups in total. The maximum absolute atomic E-state index is 5.41. The van der Waals surface area contributed by atoms with Crippen LogP contribution in [0.2, 0.25) is 0 Å². The number of aromatic nitrogens is 2. The number of hydrogen-bond acceptors (Lipinski definition) is 4. The van der Waals surface area contributed by atoms with Gasteiger partial charge in [0.2, 0.25) is 0 Å². The molecular weight excluding hydrogens is 166 g/mol. The summed E-state index contributed by atoms with van der Waals surface area (Å²) >= 11 is 0. The number of rotatable bonds is 1. The van der Waals surface area contributed by atoms with E-state index in [1.165, 1.54) is 0 Å². The van der Waals surface area contributed by atoms with Gasteiger partial charge in [-0.05, 0) is 19.1 Å². The summed E-state index contributed by atoms with van der Waals surface area (Å²) in [5.74, 6) is 0.637. The fraction of sp³-hybridized carbons (Fsp3) is 0.111. The maximum atomic E-state index is 5.41. The first-order chi connectivity index (χ1) is 6.27. The van der Waals surface area contributed by atoms with E-state index in [4.69, 9.17) is 10.2 Å². The van der Waals surface area contributed by atoms with Gasteiger partial charge in [0.25, 0.3) is 6.01 Å². The van der Waals surface area contributed by atoms with Gasteiger partial charge in [-0.1, -0.05) is 6.07 Å². The van der Waals surface area contributed by atoms with Crippen molar-refractivity contribution in [3.05, 3.63) is 30.1 Å². The molecule has 4 nitrogen and oxygen atoms in total. The number of aryl methyl sites for hydroxylation is 1. The second-order valence-electron chi connectivity index (χ2n) is 2.68. The van der Waals surface area contributed by atoms with Crippen LogP contribution < -0.4 is 5.73 Å². The third-order valence-corrected chi connectivity index (χ3v) is 1.71. The zero-order chi connectivity index (χ0) is 9.26. The van der Waals surface area contributed by atoms with Gasteiger partial charge < -0.3 is 10.2 Å². The number of nitrogens with zero attached hydrogens (tertiary/aromatic N) is 2. The van der Waals surface area contributed by atoms with Crippen molar-refractivity contribution >= 4 is 6.01 Å². The third kappa shape index (κ3) is 1.38. The molecule has 0 radical (unpaired) electrons. The van der Waals surface area contributed by atoms with E-state index in [0.29, 0.717) is 5.76 Å². The van der Waals surface area contributed by atoms with E-state index in [1.54, 1.807) is 6.20 Å². The molecule has 2 aromatic heterocycles.